The van der Waals surface area contributed by atoms with E-state index in [9.17, 15) is 4.79 Å². The van der Waals surface area contributed by atoms with E-state index >= 15 is 0 Å². The van der Waals surface area contributed by atoms with Crippen LogP contribution in [0, 0.1) is 5.92 Å². The second-order valence-electron chi connectivity index (χ2n) is 5.78. The maximum atomic E-state index is 11.8. The third-order valence-corrected chi connectivity index (χ3v) is 4.44. The highest BCUT2D eigenvalue weighted by Gasteiger charge is 2.12. The predicted molar refractivity (Wildman–Crippen MR) is 91.3 cm³/mol. The van der Waals surface area contributed by atoms with E-state index < -0.39 is 0 Å². The molecule has 3 aromatic rings. The van der Waals surface area contributed by atoms with Crippen LogP contribution in [0.4, 0.5) is 0 Å². The van der Waals surface area contributed by atoms with E-state index in [0.717, 1.165) is 22.7 Å². The van der Waals surface area contributed by atoms with E-state index in [4.69, 9.17) is 9.15 Å². The lowest BCUT2D eigenvalue weighted by Gasteiger charge is -2.08. The molecule has 0 radical (unpaired) electrons. The third-order valence-electron chi connectivity index (χ3n) is 3.43. The van der Waals surface area contributed by atoms with Crippen molar-refractivity contribution in [1.29, 1.82) is 0 Å². The standard InChI is InChI=1S/C16H18N4O3S/c1-10(2)8-20-16(17-18-19-20)24-9-11-6-15(21)23-14-7-12(22-3)4-5-13(11)14/h4-7,10H,8-9H2,1-3H3. The van der Waals surface area contributed by atoms with Gasteiger partial charge in [0, 0.05) is 29.8 Å². The zero-order valence-corrected chi connectivity index (χ0v) is 14.5. The number of fused-ring (bicyclic) bond motifs is 1. The van der Waals surface area contributed by atoms with E-state index in [0.29, 0.717) is 23.0 Å². The SMILES string of the molecule is COc1ccc2c(CSc3nnnn3CC(C)C)cc(=O)oc2c1. The highest BCUT2D eigenvalue weighted by molar-refractivity contribution is 7.98. The molecule has 1 aromatic carbocycles. The van der Waals surface area contributed by atoms with Crippen LogP contribution < -0.4 is 10.4 Å². The monoisotopic (exact) mass is 346 g/mol. The quantitative estimate of drug-likeness (QED) is 0.501. The normalized spacial score (nSPS) is 11.3. The summed E-state index contributed by atoms with van der Waals surface area (Å²) in [6, 6.07) is 6.97. The molecule has 8 heteroatoms. The van der Waals surface area contributed by atoms with Gasteiger partial charge in [-0.05, 0) is 34.0 Å². The topological polar surface area (TPSA) is 83.0 Å². The van der Waals surface area contributed by atoms with Gasteiger partial charge in [0.1, 0.15) is 11.3 Å². The predicted octanol–water partition coefficient (Wildman–Crippen LogP) is 2.74. The van der Waals surface area contributed by atoms with E-state index in [1.807, 2.05) is 12.1 Å². The average molecular weight is 346 g/mol. The van der Waals surface area contributed by atoms with Crippen LogP contribution in [0.25, 0.3) is 11.0 Å². The molecule has 0 atom stereocenters. The Hall–Kier alpha value is -2.35. The van der Waals surface area contributed by atoms with Crippen molar-refractivity contribution in [2.45, 2.75) is 31.3 Å². The number of rotatable bonds is 6. The van der Waals surface area contributed by atoms with E-state index in [2.05, 4.69) is 29.4 Å². The Bertz CT molecular complexity index is 904. The van der Waals surface area contributed by atoms with Crippen molar-refractivity contribution in [3.63, 3.8) is 0 Å². The Balaban J connectivity index is 1.88. The molecule has 0 saturated carbocycles. The first-order chi connectivity index (χ1) is 11.6. The van der Waals surface area contributed by atoms with Crippen LogP contribution in [0.5, 0.6) is 5.75 Å². The molecule has 0 saturated heterocycles. The second-order valence-corrected chi connectivity index (χ2v) is 6.72. The van der Waals surface area contributed by atoms with Crippen LogP contribution in [-0.4, -0.2) is 27.3 Å². The Morgan fingerprint density at radius 1 is 1.33 bits per heavy atom. The number of methoxy groups -OCH3 is 1. The summed E-state index contributed by atoms with van der Waals surface area (Å²) in [5.74, 6) is 1.67. The van der Waals surface area contributed by atoms with Crippen LogP contribution in [0.15, 0.2) is 38.6 Å². The van der Waals surface area contributed by atoms with Crippen molar-refractivity contribution in [1.82, 2.24) is 20.2 Å². The molecule has 0 spiro atoms. The Kier molecular flexibility index (Phi) is 4.84. The fraction of sp³-hybridized carbons (Fsp3) is 0.375. The van der Waals surface area contributed by atoms with Gasteiger partial charge in [-0.25, -0.2) is 9.48 Å². The maximum absolute atomic E-state index is 11.8. The van der Waals surface area contributed by atoms with Gasteiger partial charge in [-0.15, -0.1) is 5.10 Å². The van der Waals surface area contributed by atoms with E-state index in [-0.39, 0.29) is 5.63 Å². The zero-order chi connectivity index (χ0) is 17.1. The molecule has 2 aromatic heterocycles. The van der Waals surface area contributed by atoms with Gasteiger partial charge in [0.25, 0.3) is 0 Å². The van der Waals surface area contributed by atoms with E-state index in [1.54, 1.807) is 17.9 Å². The highest BCUT2D eigenvalue weighted by atomic mass is 32.2. The minimum Gasteiger partial charge on any atom is -0.497 e. The first kappa shape index (κ1) is 16.5. The van der Waals surface area contributed by atoms with Gasteiger partial charge in [0.2, 0.25) is 5.16 Å². The van der Waals surface area contributed by atoms with Gasteiger partial charge in [0.15, 0.2) is 0 Å². The summed E-state index contributed by atoms with van der Waals surface area (Å²) in [7, 11) is 1.58. The summed E-state index contributed by atoms with van der Waals surface area (Å²) in [6.45, 7) is 4.98. The molecule has 0 fully saturated rings. The molecular formula is C16H18N4O3S. The molecule has 7 nitrogen and oxygen atoms in total. The van der Waals surface area contributed by atoms with Crippen molar-refractivity contribution < 1.29 is 9.15 Å². The molecule has 0 amide bonds. The Morgan fingerprint density at radius 3 is 2.92 bits per heavy atom. The van der Waals surface area contributed by atoms with Gasteiger partial charge in [-0.1, -0.05) is 25.6 Å². The molecule has 126 valence electrons. The first-order valence-corrected chi connectivity index (χ1v) is 8.55. The van der Waals surface area contributed by atoms with Crippen LogP contribution in [-0.2, 0) is 12.3 Å². The zero-order valence-electron chi connectivity index (χ0n) is 13.7. The second kappa shape index (κ2) is 7.04. The number of nitrogens with zero attached hydrogens (tertiary/aromatic N) is 4. The molecule has 0 N–H and O–H groups in total. The fourth-order valence-corrected chi connectivity index (χ4v) is 3.24. The highest BCUT2D eigenvalue weighted by Crippen LogP contribution is 2.27. The van der Waals surface area contributed by atoms with Crippen molar-refractivity contribution in [2.75, 3.05) is 7.11 Å². The Labute approximate surface area is 143 Å². The number of thioether (sulfide) groups is 1. The number of hydrogen-bond donors (Lipinski definition) is 0. The summed E-state index contributed by atoms with van der Waals surface area (Å²) in [5, 5.41) is 13.4. The summed E-state index contributed by atoms with van der Waals surface area (Å²) in [6.07, 6.45) is 0. The van der Waals surface area contributed by atoms with Gasteiger partial charge in [-0.2, -0.15) is 0 Å². The Morgan fingerprint density at radius 2 is 2.17 bits per heavy atom. The van der Waals surface area contributed by atoms with Crippen LogP contribution in [0.1, 0.15) is 19.4 Å². The van der Waals surface area contributed by atoms with Crippen molar-refractivity contribution in [3.8, 4) is 5.75 Å². The molecule has 0 unspecified atom stereocenters. The van der Waals surface area contributed by atoms with Gasteiger partial charge in [0.05, 0.1) is 7.11 Å². The largest absolute Gasteiger partial charge is 0.497 e. The van der Waals surface area contributed by atoms with Crippen molar-refractivity contribution in [2.24, 2.45) is 5.92 Å². The summed E-state index contributed by atoms with van der Waals surface area (Å²) in [5.41, 5.74) is 1.01. The lowest BCUT2D eigenvalue weighted by atomic mass is 10.1. The summed E-state index contributed by atoms with van der Waals surface area (Å²) < 4.78 is 12.2. The number of aromatic nitrogens is 4. The van der Waals surface area contributed by atoms with Gasteiger partial charge in [-0.3, -0.25) is 0 Å². The van der Waals surface area contributed by atoms with Crippen molar-refractivity contribution in [3.05, 3.63) is 40.2 Å². The molecule has 0 aliphatic rings. The average Bonchev–Trinajstić information content (AvgIpc) is 2.98. The van der Waals surface area contributed by atoms with Gasteiger partial charge < -0.3 is 9.15 Å². The van der Waals surface area contributed by atoms with Crippen LogP contribution in [0.2, 0.25) is 0 Å². The van der Waals surface area contributed by atoms with Gasteiger partial charge >= 0.3 is 5.63 Å². The number of hydrogen-bond acceptors (Lipinski definition) is 7. The molecule has 0 bridgehead atoms. The van der Waals surface area contributed by atoms with Crippen LogP contribution in [0.3, 0.4) is 0 Å². The third kappa shape index (κ3) is 3.59. The minimum atomic E-state index is -0.381. The number of benzene rings is 1. The van der Waals surface area contributed by atoms with E-state index in [1.165, 1.54) is 17.8 Å². The minimum absolute atomic E-state index is 0.381. The first-order valence-electron chi connectivity index (χ1n) is 7.56. The molecular weight excluding hydrogens is 328 g/mol. The maximum Gasteiger partial charge on any atom is 0.336 e. The molecule has 2 heterocycles. The number of ether oxygens (including phenoxy) is 1. The summed E-state index contributed by atoms with van der Waals surface area (Å²) >= 11 is 1.50. The number of tetrazole rings is 1. The van der Waals surface area contributed by atoms with Crippen LogP contribution >= 0.6 is 11.8 Å². The lowest BCUT2D eigenvalue weighted by molar-refractivity contribution is 0.414. The fourth-order valence-electron chi connectivity index (χ4n) is 2.36. The molecule has 3 rings (SSSR count). The molecule has 24 heavy (non-hydrogen) atoms. The smallest absolute Gasteiger partial charge is 0.336 e. The van der Waals surface area contributed by atoms with Crippen molar-refractivity contribution >= 4 is 22.7 Å². The molecule has 0 aliphatic carbocycles. The molecule has 0 aliphatic heterocycles. The lowest BCUT2D eigenvalue weighted by Crippen LogP contribution is -2.08. The summed E-state index contributed by atoms with van der Waals surface area (Å²) in [4.78, 5) is 11.8.